The zero-order chi connectivity index (χ0) is 18.9. The van der Waals surface area contributed by atoms with Crippen LogP contribution in [0.1, 0.15) is 28.2 Å². The van der Waals surface area contributed by atoms with Gasteiger partial charge in [0.05, 0.1) is 13.0 Å². The standard InChI is InChI=1S/C24H22O3/c1-27-21-13-11-20(12-14-21)24(15-18-9-5-6-10-19(18)16-24)22(23(25)26)17-7-3-2-4-8-17/h2-14,22H,15-16H2,1H3,(H,25,26). The molecule has 27 heavy (non-hydrogen) atoms. The molecule has 0 aromatic heterocycles. The van der Waals surface area contributed by atoms with Crippen molar-refractivity contribution in [2.75, 3.05) is 7.11 Å². The molecular formula is C24H22O3. The molecule has 0 saturated heterocycles. The Morgan fingerprint density at radius 2 is 1.44 bits per heavy atom. The van der Waals surface area contributed by atoms with E-state index < -0.39 is 17.3 Å². The summed E-state index contributed by atoms with van der Waals surface area (Å²) in [6.07, 6.45) is 1.42. The summed E-state index contributed by atoms with van der Waals surface area (Å²) in [6, 6.07) is 25.8. The molecule has 1 unspecified atom stereocenters. The van der Waals surface area contributed by atoms with Crippen LogP contribution in [0.4, 0.5) is 0 Å². The Balaban J connectivity index is 1.89. The van der Waals surface area contributed by atoms with E-state index in [2.05, 4.69) is 12.1 Å². The summed E-state index contributed by atoms with van der Waals surface area (Å²) in [6.45, 7) is 0. The van der Waals surface area contributed by atoms with Crippen molar-refractivity contribution in [1.82, 2.24) is 0 Å². The van der Waals surface area contributed by atoms with Gasteiger partial charge in [-0.05, 0) is 47.2 Å². The van der Waals surface area contributed by atoms with E-state index in [1.807, 2.05) is 66.7 Å². The Labute approximate surface area is 159 Å². The number of carboxylic acid groups (broad SMARTS) is 1. The fourth-order valence-corrected chi connectivity index (χ4v) is 4.49. The summed E-state index contributed by atoms with van der Waals surface area (Å²) >= 11 is 0. The predicted molar refractivity (Wildman–Crippen MR) is 105 cm³/mol. The second-order valence-electron chi connectivity index (χ2n) is 7.19. The summed E-state index contributed by atoms with van der Waals surface area (Å²) in [5.41, 5.74) is 3.82. The third-order valence-corrected chi connectivity index (χ3v) is 5.73. The Morgan fingerprint density at radius 3 is 1.96 bits per heavy atom. The molecule has 3 aromatic rings. The van der Waals surface area contributed by atoms with Crippen LogP contribution in [0, 0.1) is 0 Å². The fourth-order valence-electron chi connectivity index (χ4n) is 4.49. The molecule has 0 amide bonds. The van der Waals surface area contributed by atoms with Crippen LogP contribution < -0.4 is 4.74 Å². The van der Waals surface area contributed by atoms with Crippen molar-refractivity contribution in [3.05, 3.63) is 101 Å². The molecule has 0 spiro atoms. The van der Waals surface area contributed by atoms with Crippen LogP contribution in [-0.2, 0) is 23.1 Å². The molecule has 1 aliphatic rings. The minimum atomic E-state index is -0.787. The summed E-state index contributed by atoms with van der Waals surface area (Å²) in [5.74, 6) is -0.639. The van der Waals surface area contributed by atoms with Crippen LogP contribution in [0.3, 0.4) is 0 Å². The predicted octanol–water partition coefficient (Wildman–Crippen LogP) is 4.60. The van der Waals surface area contributed by atoms with E-state index in [0.717, 1.165) is 16.9 Å². The molecule has 1 atom stereocenters. The van der Waals surface area contributed by atoms with Crippen molar-refractivity contribution >= 4 is 5.97 Å². The molecular weight excluding hydrogens is 336 g/mol. The van der Waals surface area contributed by atoms with E-state index in [1.54, 1.807) is 7.11 Å². The molecule has 0 saturated carbocycles. The number of aliphatic carboxylic acids is 1. The van der Waals surface area contributed by atoms with Gasteiger partial charge in [-0.3, -0.25) is 4.79 Å². The van der Waals surface area contributed by atoms with Gasteiger partial charge in [-0.2, -0.15) is 0 Å². The lowest BCUT2D eigenvalue weighted by Crippen LogP contribution is -2.39. The third-order valence-electron chi connectivity index (χ3n) is 5.73. The lowest BCUT2D eigenvalue weighted by Gasteiger charge is -2.36. The average molecular weight is 358 g/mol. The van der Waals surface area contributed by atoms with E-state index in [-0.39, 0.29) is 0 Å². The topological polar surface area (TPSA) is 46.5 Å². The maximum atomic E-state index is 12.5. The van der Waals surface area contributed by atoms with Gasteiger partial charge in [-0.1, -0.05) is 66.7 Å². The van der Waals surface area contributed by atoms with Crippen LogP contribution in [0.2, 0.25) is 0 Å². The summed E-state index contributed by atoms with van der Waals surface area (Å²) in [4.78, 5) is 12.5. The third kappa shape index (κ3) is 2.99. The van der Waals surface area contributed by atoms with Crippen LogP contribution in [0.5, 0.6) is 5.75 Å². The van der Waals surface area contributed by atoms with Crippen molar-refractivity contribution in [2.24, 2.45) is 0 Å². The smallest absolute Gasteiger partial charge is 0.311 e. The van der Waals surface area contributed by atoms with Crippen molar-refractivity contribution in [3.8, 4) is 5.75 Å². The lowest BCUT2D eigenvalue weighted by atomic mass is 9.65. The van der Waals surface area contributed by atoms with Crippen molar-refractivity contribution < 1.29 is 14.6 Å². The van der Waals surface area contributed by atoms with Crippen molar-refractivity contribution in [1.29, 1.82) is 0 Å². The molecule has 0 heterocycles. The SMILES string of the molecule is COc1ccc(C2(C(C(=O)O)c3ccccc3)Cc3ccccc3C2)cc1. The van der Waals surface area contributed by atoms with Gasteiger partial charge in [-0.15, -0.1) is 0 Å². The number of ether oxygens (including phenoxy) is 1. The number of carboxylic acids is 1. The van der Waals surface area contributed by atoms with Crippen LogP contribution >= 0.6 is 0 Å². The molecule has 136 valence electrons. The van der Waals surface area contributed by atoms with Gasteiger partial charge >= 0.3 is 5.97 Å². The Bertz CT molecular complexity index is 920. The first-order valence-corrected chi connectivity index (χ1v) is 9.13. The highest BCUT2D eigenvalue weighted by molar-refractivity contribution is 5.79. The highest BCUT2D eigenvalue weighted by Crippen LogP contribution is 2.49. The molecule has 0 fully saturated rings. The first-order valence-electron chi connectivity index (χ1n) is 9.13. The van der Waals surface area contributed by atoms with Gasteiger partial charge in [0, 0.05) is 5.41 Å². The number of methoxy groups -OCH3 is 1. The minimum absolute atomic E-state index is 0.525. The van der Waals surface area contributed by atoms with E-state index in [0.29, 0.717) is 12.8 Å². The molecule has 4 rings (SSSR count). The number of benzene rings is 3. The van der Waals surface area contributed by atoms with Crippen LogP contribution in [0.25, 0.3) is 0 Å². The maximum absolute atomic E-state index is 12.5. The van der Waals surface area contributed by atoms with Gasteiger partial charge in [-0.25, -0.2) is 0 Å². The van der Waals surface area contributed by atoms with E-state index in [1.165, 1.54) is 11.1 Å². The Hall–Kier alpha value is -3.07. The van der Waals surface area contributed by atoms with Crippen molar-refractivity contribution in [2.45, 2.75) is 24.2 Å². The maximum Gasteiger partial charge on any atom is 0.311 e. The number of carbonyl (C=O) groups is 1. The average Bonchev–Trinajstić information content (AvgIpc) is 3.08. The Morgan fingerprint density at radius 1 is 0.889 bits per heavy atom. The quantitative estimate of drug-likeness (QED) is 0.725. The minimum Gasteiger partial charge on any atom is -0.497 e. The van der Waals surface area contributed by atoms with Gasteiger partial charge in [0.15, 0.2) is 0 Å². The van der Waals surface area contributed by atoms with Gasteiger partial charge in [0.25, 0.3) is 0 Å². The molecule has 3 heteroatoms. The Kier molecular flexibility index (Phi) is 4.44. The zero-order valence-corrected chi connectivity index (χ0v) is 15.3. The molecule has 1 N–H and O–H groups in total. The first-order chi connectivity index (χ1) is 13.1. The highest BCUT2D eigenvalue weighted by atomic mass is 16.5. The van der Waals surface area contributed by atoms with E-state index in [9.17, 15) is 9.90 Å². The molecule has 0 bridgehead atoms. The molecule has 1 aliphatic carbocycles. The van der Waals surface area contributed by atoms with E-state index in [4.69, 9.17) is 4.74 Å². The molecule has 0 radical (unpaired) electrons. The normalized spacial score (nSPS) is 15.7. The highest BCUT2D eigenvalue weighted by Gasteiger charge is 2.49. The second-order valence-corrected chi connectivity index (χ2v) is 7.19. The van der Waals surface area contributed by atoms with Gasteiger partial charge in [0.2, 0.25) is 0 Å². The number of fused-ring (bicyclic) bond motifs is 1. The summed E-state index contributed by atoms with van der Waals surface area (Å²) in [7, 11) is 1.64. The van der Waals surface area contributed by atoms with Crippen molar-refractivity contribution in [3.63, 3.8) is 0 Å². The number of rotatable bonds is 5. The summed E-state index contributed by atoms with van der Waals surface area (Å²) < 4.78 is 5.30. The second kappa shape index (κ2) is 6.92. The molecule has 0 aliphatic heterocycles. The van der Waals surface area contributed by atoms with E-state index >= 15 is 0 Å². The van der Waals surface area contributed by atoms with Gasteiger partial charge in [0.1, 0.15) is 5.75 Å². The monoisotopic (exact) mass is 358 g/mol. The molecule has 3 aromatic carbocycles. The van der Waals surface area contributed by atoms with Crippen LogP contribution in [-0.4, -0.2) is 18.2 Å². The van der Waals surface area contributed by atoms with Crippen LogP contribution in [0.15, 0.2) is 78.9 Å². The number of hydrogen-bond donors (Lipinski definition) is 1. The summed E-state index contributed by atoms with van der Waals surface area (Å²) in [5, 5.41) is 10.3. The zero-order valence-electron chi connectivity index (χ0n) is 15.3. The largest absolute Gasteiger partial charge is 0.497 e. The fraction of sp³-hybridized carbons (Fsp3) is 0.208. The first kappa shape index (κ1) is 17.3. The lowest BCUT2D eigenvalue weighted by molar-refractivity contribution is -0.140. The van der Waals surface area contributed by atoms with Gasteiger partial charge < -0.3 is 9.84 Å². The number of hydrogen-bond acceptors (Lipinski definition) is 2. The molecule has 3 nitrogen and oxygen atoms in total.